The van der Waals surface area contributed by atoms with Crippen LogP contribution in [0.25, 0.3) is 16.9 Å². The number of para-hydroxylation sites is 2. The zero-order valence-corrected chi connectivity index (χ0v) is 10.6. The highest BCUT2D eigenvalue weighted by molar-refractivity contribution is 5.75. The average molecular weight is 260 g/mol. The fourth-order valence-electron chi connectivity index (χ4n) is 2.00. The third-order valence-corrected chi connectivity index (χ3v) is 2.93. The van der Waals surface area contributed by atoms with Gasteiger partial charge in [0.05, 0.1) is 16.7 Å². The monoisotopic (exact) mass is 260 g/mol. The summed E-state index contributed by atoms with van der Waals surface area (Å²) in [7, 11) is 0. The molecule has 3 rings (SSSR count). The van der Waals surface area contributed by atoms with Crippen LogP contribution in [-0.2, 0) is 0 Å². The number of benzene rings is 1. The van der Waals surface area contributed by atoms with E-state index in [-0.39, 0.29) is 11.4 Å². The Bertz CT molecular complexity index is 894. The van der Waals surface area contributed by atoms with Crippen LogP contribution in [0.15, 0.2) is 30.6 Å². The van der Waals surface area contributed by atoms with Crippen molar-refractivity contribution in [2.45, 2.75) is 6.92 Å². The summed E-state index contributed by atoms with van der Waals surface area (Å²) in [6.45, 7) is 1.81. The Hall–Kier alpha value is -3.25. The number of hydrogen-bond donors (Lipinski definition) is 0. The third-order valence-electron chi connectivity index (χ3n) is 2.93. The first-order valence-electron chi connectivity index (χ1n) is 5.86. The molecule has 20 heavy (non-hydrogen) atoms. The lowest BCUT2D eigenvalue weighted by atomic mass is 10.3. The maximum absolute atomic E-state index is 9.17. The molecular weight excluding hydrogens is 252 g/mol. The smallest absolute Gasteiger partial charge is 0.177 e. The lowest BCUT2D eigenvalue weighted by Crippen LogP contribution is -2.04. The van der Waals surface area contributed by atoms with Crippen molar-refractivity contribution in [1.29, 1.82) is 10.5 Å². The summed E-state index contributed by atoms with van der Waals surface area (Å²) in [5.41, 5.74) is 2.43. The molecule has 1 aromatic carbocycles. The molecule has 0 aliphatic carbocycles. The van der Waals surface area contributed by atoms with E-state index < -0.39 is 0 Å². The number of rotatable bonds is 1. The van der Waals surface area contributed by atoms with E-state index in [1.807, 2.05) is 43.3 Å². The maximum atomic E-state index is 9.17. The van der Waals surface area contributed by atoms with Crippen LogP contribution in [0.5, 0.6) is 0 Å². The first-order valence-corrected chi connectivity index (χ1v) is 5.86. The van der Waals surface area contributed by atoms with Crippen molar-refractivity contribution in [3.8, 4) is 18.0 Å². The Morgan fingerprint density at radius 1 is 1.05 bits per heavy atom. The second-order valence-electron chi connectivity index (χ2n) is 4.16. The van der Waals surface area contributed by atoms with Gasteiger partial charge in [-0.2, -0.15) is 10.5 Å². The second kappa shape index (κ2) is 4.45. The molecule has 94 valence electrons. The van der Waals surface area contributed by atoms with Gasteiger partial charge in [-0.05, 0) is 19.1 Å². The average Bonchev–Trinajstić information content (AvgIpc) is 2.89. The molecule has 0 aliphatic rings. The van der Waals surface area contributed by atoms with E-state index in [0.717, 1.165) is 11.0 Å². The number of imidazole rings is 1. The molecule has 2 aromatic heterocycles. The highest BCUT2D eigenvalue weighted by atomic mass is 15.1. The van der Waals surface area contributed by atoms with Crippen LogP contribution >= 0.6 is 0 Å². The summed E-state index contributed by atoms with van der Waals surface area (Å²) >= 11 is 0. The van der Waals surface area contributed by atoms with Crippen molar-refractivity contribution in [1.82, 2.24) is 19.5 Å². The lowest BCUT2D eigenvalue weighted by molar-refractivity contribution is 0.949. The molecule has 0 fully saturated rings. The number of aromatic nitrogens is 4. The predicted molar refractivity (Wildman–Crippen MR) is 70.8 cm³/mol. The molecule has 0 aliphatic heterocycles. The summed E-state index contributed by atoms with van der Waals surface area (Å²) in [5.74, 6) is 0.509. The zero-order chi connectivity index (χ0) is 14.1. The standard InChI is InChI=1S/C14H8N6/c1-9-14(19-11-5-3-2-4-10(11)18-9)20-8-17-12(6-15)13(20)7-16/h2-5,8H,1H3. The van der Waals surface area contributed by atoms with Crippen molar-refractivity contribution in [3.63, 3.8) is 0 Å². The molecule has 0 saturated heterocycles. The van der Waals surface area contributed by atoms with Gasteiger partial charge >= 0.3 is 0 Å². The Kier molecular flexibility index (Phi) is 2.63. The molecule has 0 spiro atoms. The molecule has 0 bridgehead atoms. The Morgan fingerprint density at radius 3 is 2.40 bits per heavy atom. The maximum Gasteiger partial charge on any atom is 0.177 e. The summed E-state index contributed by atoms with van der Waals surface area (Å²) in [6, 6.07) is 11.4. The molecule has 6 heteroatoms. The van der Waals surface area contributed by atoms with Crippen LogP contribution < -0.4 is 0 Å². The normalized spacial score (nSPS) is 10.2. The number of aryl methyl sites for hydroxylation is 1. The van der Waals surface area contributed by atoms with Gasteiger partial charge in [0, 0.05) is 0 Å². The molecule has 0 saturated carbocycles. The number of hydrogen-bond acceptors (Lipinski definition) is 5. The number of nitriles is 2. The topological polar surface area (TPSA) is 91.2 Å². The minimum atomic E-state index is 0.0851. The molecule has 3 aromatic rings. The molecule has 0 radical (unpaired) electrons. The van der Waals surface area contributed by atoms with Gasteiger partial charge < -0.3 is 0 Å². The molecule has 0 amide bonds. The van der Waals surface area contributed by atoms with Gasteiger partial charge in [-0.25, -0.2) is 15.0 Å². The summed E-state index contributed by atoms with van der Waals surface area (Å²) in [5, 5.41) is 18.1. The molecule has 6 nitrogen and oxygen atoms in total. The number of fused-ring (bicyclic) bond motifs is 1. The third kappa shape index (κ3) is 1.68. The van der Waals surface area contributed by atoms with Gasteiger partial charge in [0.1, 0.15) is 18.5 Å². The lowest BCUT2D eigenvalue weighted by Gasteiger charge is -2.07. The van der Waals surface area contributed by atoms with E-state index in [9.17, 15) is 5.26 Å². The van der Waals surface area contributed by atoms with E-state index in [4.69, 9.17) is 5.26 Å². The fourth-order valence-corrected chi connectivity index (χ4v) is 2.00. The van der Waals surface area contributed by atoms with Crippen LogP contribution in [0.4, 0.5) is 0 Å². The summed E-state index contributed by atoms with van der Waals surface area (Å²) < 4.78 is 1.49. The highest BCUT2D eigenvalue weighted by Gasteiger charge is 2.15. The van der Waals surface area contributed by atoms with Gasteiger partial charge in [-0.15, -0.1) is 0 Å². The molecule has 0 unspecified atom stereocenters. The fraction of sp³-hybridized carbons (Fsp3) is 0.0714. The first-order chi connectivity index (χ1) is 9.74. The van der Waals surface area contributed by atoms with Gasteiger partial charge in [0.25, 0.3) is 0 Å². The van der Waals surface area contributed by atoms with E-state index in [2.05, 4.69) is 15.0 Å². The summed E-state index contributed by atoms with van der Waals surface area (Å²) in [4.78, 5) is 12.9. The Morgan fingerprint density at radius 2 is 1.75 bits per heavy atom. The second-order valence-corrected chi connectivity index (χ2v) is 4.16. The minimum absolute atomic E-state index is 0.0851. The van der Waals surface area contributed by atoms with E-state index in [1.54, 1.807) is 0 Å². The Balaban J connectivity index is 2.30. The Labute approximate surface area is 114 Å². The molecular formula is C14H8N6. The van der Waals surface area contributed by atoms with E-state index in [0.29, 0.717) is 11.5 Å². The van der Waals surface area contributed by atoms with Crippen LogP contribution in [0.2, 0.25) is 0 Å². The molecule has 0 atom stereocenters. The SMILES string of the molecule is Cc1nc2ccccc2nc1-n1cnc(C#N)c1C#N. The number of nitrogens with zero attached hydrogens (tertiary/aromatic N) is 6. The van der Waals surface area contributed by atoms with Crippen LogP contribution in [0.3, 0.4) is 0 Å². The molecule has 0 N–H and O–H groups in total. The summed E-state index contributed by atoms with van der Waals surface area (Å²) in [6.07, 6.45) is 1.42. The molecule has 2 heterocycles. The van der Waals surface area contributed by atoms with Gasteiger partial charge in [0.15, 0.2) is 17.2 Å². The highest BCUT2D eigenvalue weighted by Crippen LogP contribution is 2.18. The van der Waals surface area contributed by atoms with Gasteiger partial charge in [0.2, 0.25) is 0 Å². The van der Waals surface area contributed by atoms with Gasteiger partial charge in [-0.3, -0.25) is 4.57 Å². The van der Waals surface area contributed by atoms with Crippen molar-refractivity contribution < 1.29 is 0 Å². The zero-order valence-electron chi connectivity index (χ0n) is 10.6. The van der Waals surface area contributed by atoms with Crippen molar-refractivity contribution in [3.05, 3.63) is 47.7 Å². The van der Waals surface area contributed by atoms with Crippen LogP contribution in [-0.4, -0.2) is 19.5 Å². The first kappa shape index (κ1) is 11.8. The minimum Gasteiger partial charge on any atom is -0.271 e. The quantitative estimate of drug-likeness (QED) is 0.666. The van der Waals surface area contributed by atoms with E-state index >= 15 is 0 Å². The van der Waals surface area contributed by atoms with Crippen molar-refractivity contribution >= 4 is 11.0 Å². The van der Waals surface area contributed by atoms with Gasteiger partial charge in [-0.1, -0.05) is 12.1 Å². The largest absolute Gasteiger partial charge is 0.271 e. The van der Waals surface area contributed by atoms with Crippen LogP contribution in [0.1, 0.15) is 17.1 Å². The predicted octanol–water partition coefficient (Wildman–Crippen LogP) is 1.87. The van der Waals surface area contributed by atoms with Crippen molar-refractivity contribution in [2.75, 3.05) is 0 Å². The van der Waals surface area contributed by atoms with E-state index in [1.165, 1.54) is 10.9 Å². The van der Waals surface area contributed by atoms with Crippen molar-refractivity contribution in [2.24, 2.45) is 0 Å². The van der Waals surface area contributed by atoms with Crippen LogP contribution in [0, 0.1) is 29.6 Å².